The van der Waals surface area contributed by atoms with E-state index in [-0.39, 0.29) is 5.91 Å². The van der Waals surface area contributed by atoms with E-state index in [1.54, 1.807) is 0 Å². The molecule has 1 atom stereocenters. The van der Waals surface area contributed by atoms with Gasteiger partial charge in [-0.2, -0.15) is 0 Å². The summed E-state index contributed by atoms with van der Waals surface area (Å²) in [6.07, 6.45) is 7.81. The molecule has 86 valence electrons. The SMILES string of the molecule is CCCC(=O)NC1CCNC2(CCC2)C1. The lowest BCUT2D eigenvalue weighted by Crippen LogP contribution is -2.59. The van der Waals surface area contributed by atoms with Crippen molar-refractivity contribution in [2.75, 3.05) is 6.54 Å². The van der Waals surface area contributed by atoms with E-state index in [0.717, 1.165) is 25.8 Å². The molecular weight excluding hydrogens is 188 g/mol. The molecule has 1 saturated heterocycles. The van der Waals surface area contributed by atoms with Crippen molar-refractivity contribution in [1.29, 1.82) is 0 Å². The first-order valence-corrected chi connectivity index (χ1v) is 6.28. The topological polar surface area (TPSA) is 41.1 Å². The maximum Gasteiger partial charge on any atom is 0.220 e. The first-order valence-electron chi connectivity index (χ1n) is 6.28. The Labute approximate surface area is 92.0 Å². The zero-order chi connectivity index (χ0) is 10.7. The van der Waals surface area contributed by atoms with Crippen LogP contribution >= 0.6 is 0 Å². The lowest BCUT2D eigenvalue weighted by atomic mass is 9.70. The highest BCUT2D eigenvalue weighted by atomic mass is 16.1. The van der Waals surface area contributed by atoms with E-state index in [1.165, 1.54) is 19.3 Å². The van der Waals surface area contributed by atoms with E-state index in [9.17, 15) is 4.79 Å². The van der Waals surface area contributed by atoms with Gasteiger partial charge in [0, 0.05) is 18.0 Å². The van der Waals surface area contributed by atoms with Crippen molar-refractivity contribution in [2.45, 2.75) is 63.5 Å². The summed E-state index contributed by atoms with van der Waals surface area (Å²) in [6, 6.07) is 0.422. The van der Waals surface area contributed by atoms with Crippen molar-refractivity contribution in [3.8, 4) is 0 Å². The Morgan fingerprint density at radius 3 is 2.93 bits per heavy atom. The largest absolute Gasteiger partial charge is 0.353 e. The van der Waals surface area contributed by atoms with Crippen LogP contribution in [0.15, 0.2) is 0 Å². The summed E-state index contributed by atoms with van der Waals surface area (Å²) in [7, 11) is 0. The quantitative estimate of drug-likeness (QED) is 0.742. The van der Waals surface area contributed by atoms with E-state index in [1.807, 2.05) is 0 Å². The molecule has 1 heterocycles. The van der Waals surface area contributed by atoms with Crippen molar-refractivity contribution < 1.29 is 4.79 Å². The van der Waals surface area contributed by atoms with Crippen molar-refractivity contribution in [3.05, 3.63) is 0 Å². The molecule has 1 spiro atoms. The molecule has 15 heavy (non-hydrogen) atoms. The molecule has 0 bridgehead atoms. The van der Waals surface area contributed by atoms with Crippen LogP contribution in [0.3, 0.4) is 0 Å². The summed E-state index contributed by atoms with van der Waals surface area (Å²) in [5.41, 5.74) is 0.391. The lowest BCUT2D eigenvalue weighted by Gasteiger charge is -2.48. The van der Waals surface area contributed by atoms with E-state index in [4.69, 9.17) is 0 Å². The van der Waals surface area contributed by atoms with Gasteiger partial charge >= 0.3 is 0 Å². The van der Waals surface area contributed by atoms with Crippen LogP contribution in [0, 0.1) is 0 Å². The third kappa shape index (κ3) is 2.51. The second-order valence-corrected chi connectivity index (χ2v) is 5.07. The average molecular weight is 210 g/mol. The zero-order valence-electron chi connectivity index (χ0n) is 9.64. The molecule has 2 fully saturated rings. The summed E-state index contributed by atoms with van der Waals surface area (Å²) in [5.74, 6) is 0.235. The third-order valence-electron chi connectivity index (χ3n) is 3.78. The maximum atomic E-state index is 11.5. The van der Waals surface area contributed by atoms with Crippen LogP contribution in [0.1, 0.15) is 51.9 Å². The van der Waals surface area contributed by atoms with Gasteiger partial charge < -0.3 is 10.6 Å². The van der Waals surface area contributed by atoms with Gasteiger partial charge in [-0.3, -0.25) is 4.79 Å². The molecule has 2 aliphatic rings. The van der Waals surface area contributed by atoms with Gasteiger partial charge in [0.25, 0.3) is 0 Å². The molecule has 0 aromatic carbocycles. The molecule has 1 aliphatic heterocycles. The highest BCUT2D eigenvalue weighted by Crippen LogP contribution is 2.38. The molecule has 1 unspecified atom stereocenters. The Morgan fingerprint density at radius 1 is 1.53 bits per heavy atom. The molecule has 3 nitrogen and oxygen atoms in total. The van der Waals surface area contributed by atoms with Crippen LogP contribution in [-0.2, 0) is 4.79 Å². The van der Waals surface area contributed by atoms with Crippen LogP contribution in [0.4, 0.5) is 0 Å². The summed E-state index contributed by atoms with van der Waals surface area (Å²) in [6.45, 7) is 3.12. The number of nitrogens with one attached hydrogen (secondary N) is 2. The lowest BCUT2D eigenvalue weighted by molar-refractivity contribution is -0.122. The van der Waals surface area contributed by atoms with Crippen LogP contribution < -0.4 is 10.6 Å². The Kier molecular flexibility index (Phi) is 3.29. The minimum Gasteiger partial charge on any atom is -0.353 e. The fraction of sp³-hybridized carbons (Fsp3) is 0.917. The molecule has 1 amide bonds. The average Bonchev–Trinajstić information content (AvgIpc) is 2.16. The van der Waals surface area contributed by atoms with Gasteiger partial charge in [-0.15, -0.1) is 0 Å². The van der Waals surface area contributed by atoms with Crippen LogP contribution in [0.25, 0.3) is 0 Å². The second-order valence-electron chi connectivity index (χ2n) is 5.07. The Balaban J connectivity index is 1.80. The molecule has 2 rings (SSSR count). The zero-order valence-corrected chi connectivity index (χ0v) is 9.64. The van der Waals surface area contributed by atoms with Crippen molar-refractivity contribution >= 4 is 5.91 Å². The first-order chi connectivity index (χ1) is 7.24. The molecule has 3 heteroatoms. The summed E-state index contributed by atoms with van der Waals surface area (Å²) in [5, 5.41) is 6.78. The van der Waals surface area contributed by atoms with E-state index in [0.29, 0.717) is 18.0 Å². The van der Waals surface area contributed by atoms with E-state index < -0.39 is 0 Å². The number of rotatable bonds is 3. The standard InChI is InChI=1S/C12H22N2O/c1-2-4-11(15)14-10-5-8-13-12(9-10)6-3-7-12/h10,13H,2-9H2,1H3,(H,14,15). The van der Waals surface area contributed by atoms with Crippen LogP contribution in [-0.4, -0.2) is 24.0 Å². The fourth-order valence-electron chi connectivity index (χ4n) is 2.79. The molecule has 1 saturated carbocycles. The number of hydrogen-bond acceptors (Lipinski definition) is 2. The summed E-state index contributed by atoms with van der Waals surface area (Å²) < 4.78 is 0. The number of carbonyl (C=O) groups is 1. The normalized spacial score (nSPS) is 28.5. The van der Waals surface area contributed by atoms with Gasteiger partial charge in [0.2, 0.25) is 5.91 Å². The van der Waals surface area contributed by atoms with Crippen molar-refractivity contribution in [2.24, 2.45) is 0 Å². The minimum absolute atomic E-state index is 0.235. The highest BCUT2D eigenvalue weighted by molar-refractivity contribution is 5.76. The van der Waals surface area contributed by atoms with Crippen LogP contribution in [0.5, 0.6) is 0 Å². The molecule has 0 aromatic rings. The van der Waals surface area contributed by atoms with E-state index in [2.05, 4.69) is 17.6 Å². The van der Waals surface area contributed by atoms with Crippen molar-refractivity contribution in [1.82, 2.24) is 10.6 Å². The first kappa shape index (κ1) is 10.9. The van der Waals surface area contributed by atoms with Gasteiger partial charge in [-0.25, -0.2) is 0 Å². The summed E-state index contributed by atoms with van der Waals surface area (Å²) >= 11 is 0. The van der Waals surface area contributed by atoms with Gasteiger partial charge in [-0.1, -0.05) is 6.92 Å². The molecular formula is C12H22N2O. The van der Waals surface area contributed by atoms with Gasteiger partial charge in [-0.05, 0) is 45.1 Å². The Morgan fingerprint density at radius 2 is 2.33 bits per heavy atom. The van der Waals surface area contributed by atoms with Gasteiger partial charge in [0.15, 0.2) is 0 Å². The molecule has 2 N–H and O–H groups in total. The Bertz CT molecular complexity index is 236. The van der Waals surface area contributed by atoms with Crippen molar-refractivity contribution in [3.63, 3.8) is 0 Å². The summed E-state index contributed by atoms with van der Waals surface area (Å²) in [4.78, 5) is 11.5. The Hall–Kier alpha value is -0.570. The molecule has 1 aliphatic carbocycles. The van der Waals surface area contributed by atoms with E-state index >= 15 is 0 Å². The maximum absolute atomic E-state index is 11.5. The predicted octanol–water partition coefficient (Wildman–Crippen LogP) is 1.58. The molecule has 0 radical (unpaired) electrons. The van der Waals surface area contributed by atoms with Gasteiger partial charge in [0.05, 0.1) is 0 Å². The monoisotopic (exact) mass is 210 g/mol. The third-order valence-corrected chi connectivity index (χ3v) is 3.78. The second kappa shape index (κ2) is 4.52. The number of amides is 1. The number of piperidine rings is 1. The highest BCUT2D eigenvalue weighted by Gasteiger charge is 2.40. The van der Waals surface area contributed by atoms with Crippen LogP contribution in [0.2, 0.25) is 0 Å². The predicted molar refractivity (Wildman–Crippen MR) is 60.7 cm³/mol. The fourth-order valence-corrected chi connectivity index (χ4v) is 2.79. The smallest absolute Gasteiger partial charge is 0.220 e. The van der Waals surface area contributed by atoms with Gasteiger partial charge in [0.1, 0.15) is 0 Å². The number of hydrogen-bond donors (Lipinski definition) is 2. The minimum atomic E-state index is 0.235. The number of carbonyl (C=O) groups excluding carboxylic acids is 1. The molecule has 0 aromatic heterocycles.